The standard InChI is InChI=1S/C12H17ClN2/c1-9(6-10-2-3-10)14-8-12-5-4-11(13)7-15-12/h4-5,7,9-10,14H,2-3,6,8H2,1H3. The van der Waals surface area contributed by atoms with Gasteiger partial charge in [0, 0.05) is 18.8 Å². The Kier molecular flexibility index (Phi) is 3.60. The summed E-state index contributed by atoms with van der Waals surface area (Å²) in [6.45, 7) is 3.08. The second-order valence-corrected chi connectivity index (χ2v) is 4.87. The summed E-state index contributed by atoms with van der Waals surface area (Å²) in [7, 11) is 0. The van der Waals surface area contributed by atoms with E-state index >= 15 is 0 Å². The quantitative estimate of drug-likeness (QED) is 0.832. The lowest BCUT2D eigenvalue weighted by atomic mass is 10.1. The lowest BCUT2D eigenvalue weighted by Crippen LogP contribution is -2.26. The number of rotatable bonds is 5. The van der Waals surface area contributed by atoms with Gasteiger partial charge in [-0.2, -0.15) is 0 Å². The number of halogens is 1. The molecule has 2 nitrogen and oxygen atoms in total. The molecule has 1 aromatic heterocycles. The van der Waals surface area contributed by atoms with Gasteiger partial charge in [0.2, 0.25) is 0 Å². The Labute approximate surface area is 96.1 Å². The highest BCUT2D eigenvalue weighted by molar-refractivity contribution is 6.30. The van der Waals surface area contributed by atoms with E-state index in [4.69, 9.17) is 11.6 Å². The van der Waals surface area contributed by atoms with E-state index in [9.17, 15) is 0 Å². The van der Waals surface area contributed by atoms with Gasteiger partial charge in [-0.25, -0.2) is 0 Å². The van der Waals surface area contributed by atoms with E-state index in [2.05, 4.69) is 17.2 Å². The number of hydrogen-bond donors (Lipinski definition) is 1. The molecule has 1 heterocycles. The fourth-order valence-electron chi connectivity index (χ4n) is 1.73. The molecule has 0 spiro atoms. The molecule has 82 valence electrons. The summed E-state index contributed by atoms with van der Waals surface area (Å²) in [5.41, 5.74) is 1.06. The van der Waals surface area contributed by atoms with E-state index < -0.39 is 0 Å². The highest BCUT2D eigenvalue weighted by Gasteiger charge is 2.23. The van der Waals surface area contributed by atoms with Gasteiger partial charge in [-0.3, -0.25) is 4.98 Å². The van der Waals surface area contributed by atoms with Crippen LogP contribution in [0.1, 0.15) is 31.9 Å². The van der Waals surface area contributed by atoms with Crippen LogP contribution in [0.15, 0.2) is 18.3 Å². The summed E-state index contributed by atoms with van der Waals surface area (Å²) in [5, 5.41) is 4.18. The maximum absolute atomic E-state index is 5.77. The summed E-state index contributed by atoms with van der Waals surface area (Å²) < 4.78 is 0. The first-order valence-corrected chi connectivity index (χ1v) is 5.95. The van der Waals surface area contributed by atoms with Crippen LogP contribution in [0.25, 0.3) is 0 Å². The Balaban J connectivity index is 1.74. The van der Waals surface area contributed by atoms with Crippen LogP contribution in [-0.4, -0.2) is 11.0 Å². The van der Waals surface area contributed by atoms with E-state index in [1.54, 1.807) is 6.20 Å². The second-order valence-electron chi connectivity index (χ2n) is 4.43. The van der Waals surface area contributed by atoms with Crippen LogP contribution >= 0.6 is 11.6 Å². The van der Waals surface area contributed by atoms with Gasteiger partial charge in [-0.05, 0) is 31.4 Å². The molecule has 1 fully saturated rings. The van der Waals surface area contributed by atoms with Gasteiger partial charge in [0.1, 0.15) is 0 Å². The van der Waals surface area contributed by atoms with E-state index in [1.807, 2.05) is 12.1 Å². The monoisotopic (exact) mass is 224 g/mol. The molecule has 1 atom stereocenters. The molecule has 15 heavy (non-hydrogen) atoms. The maximum atomic E-state index is 5.77. The Morgan fingerprint density at radius 1 is 1.53 bits per heavy atom. The predicted octanol–water partition coefficient (Wildman–Crippen LogP) is 3.01. The van der Waals surface area contributed by atoms with Crippen molar-refractivity contribution in [2.75, 3.05) is 0 Å². The number of nitrogens with zero attached hydrogens (tertiary/aromatic N) is 1. The van der Waals surface area contributed by atoms with Crippen molar-refractivity contribution in [3.63, 3.8) is 0 Å². The number of hydrogen-bond acceptors (Lipinski definition) is 2. The molecule has 0 aliphatic heterocycles. The van der Waals surface area contributed by atoms with Crippen molar-refractivity contribution in [2.45, 2.75) is 38.8 Å². The molecule has 0 saturated heterocycles. The van der Waals surface area contributed by atoms with Gasteiger partial charge in [-0.15, -0.1) is 0 Å². The van der Waals surface area contributed by atoms with Crippen LogP contribution in [0.2, 0.25) is 5.02 Å². The smallest absolute Gasteiger partial charge is 0.0589 e. The third-order valence-electron chi connectivity index (χ3n) is 2.80. The average molecular weight is 225 g/mol. The summed E-state index contributed by atoms with van der Waals surface area (Å²) >= 11 is 5.77. The minimum Gasteiger partial charge on any atom is -0.309 e. The zero-order valence-corrected chi connectivity index (χ0v) is 9.80. The van der Waals surface area contributed by atoms with Gasteiger partial charge < -0.3 is 5.32 Å². The molecule has 2 rings (SSSR count). The summed E-state index contributed by atoms with van der Waals surface area (Å²) in [6, 6.07) is 4.45. The largest absolute Gasteiger partial charge is 0.309 e. The van der Waals surface area contributed by atoms with Crippen molar-refractivity contribution in [1.29, 1.82) is 0 Å². The van der Waals surface area contributed by atoms with Crippen LogP contribution < -0.4 is 5.32 Å². The lowest BCUT2D eigenvalue weighted by Gasteiger charge is -2.12. The fourth-order valence-corrected chi connectivity index (χ4v) is 1.84. The predicted molar refractivity (Wildman–Crippen MR) is 62.9 cm³/mol. The average Bonchev–Trinajstić information content (AvgIpc) is 3.01. The third-order valence-corrected chi connectivity index (χ3v) is 3.03. The topological polar surface area (TPSA) is 24.9 Å². The molecule has 1 saturated carbocycles. The third kappa shape index (κ3) is 3.80. The van der Waals surface area contributed by atoms with Gasteiger partial charge in [0.05, 0.1) is 10.7 Å². The summed E-state index contributed by atoms with van der Waals surface area (Å²) in [4.78, 5) is 4.25. The van der Waals surface area contributed by atoms with Crippen LogP contribution in [-0.2, 0) is 6.54 Å². The highest BCUT2D eigenvalue weighted by Crippen LogP contribution is 2.33. The molecular weight excluding hydrogens is 208 g/mol. The Bertz CT molecular complexity index is 306. The van der Waals surface area contributed by atoms with Gasteiger partial charge in [0.15, 0.2) is 0 Å². The first-order valence-electron chi connectivity index (χ1n) is 5.58. The van der Waals surface area contributed by atoms with Gasteiger partial charge in [0.25, 0.3) is 0 Å². The maximum Gasteiger partial charge on any atom is 0.0589 e. The molecular formula is C12H17ClN2. The fraction of sp³-hybridized carbons (Fsp3) is 0.583. The van der Waals surface area contributed by atoms with E-state index in [-0.39, 0.29) is 0 Å². The van der Waals surface area contributed by atoms with Crippen LogP contribution in [0, 0.1) is 5.92 Å². The molecule has 0 bridgehead atoms. The Hall–Kier alpha value is -0.600. The van der Waals surface area contributed by atoms with Crippen LogP contribution in [0.5, 0.6) is 0 Å². The molecule has 1 aliphatic carbocycles. The molecule has 0 amide bonds. The number of nitrogens with one attached hydrogen (secondary N) is 1. The minimum atomic E-state index is 0.593. The van der Waals surface area contributed by atoms with E-state index in [0.717, 1.165) is 18.2 Å². The zero-order valence-electron chi connectivity index (χ0n) is 9.04. The second kappa shape index (κ2) is 4.95. The van der Waals surface area contributed by atoms with E-state index in [0.29, 0.717) is 11.1 Å². The van der Waals surface area contributed by atoms with Crippen LogP contribution in [0.4, 0.5) is 0 Å². The Morgan fingerprint density at radius 2 is 2.33 bits per heavy atom. The van der Waals surface area contributed by atoms with Crippen molar-refractivity contribution in [3.8, 4) is 0 Å². The van der Waals surface area contributed by atoms with E-state index in [1.165, 1.54) is 19.3 Å². The normalized spacial score (nSPS) is 17.7. The first-order chi connectivity index (χ1) is 7.24. The van der Waals surface area contributed by atoms with Crippen molar-refractivity contribution < 1.29 is 0 Å². The van der Waals surface area contributed by atoms with Crippen molar-refractivity contribution in [1.82, 2.24) is 10.3 Å². The molecule has 1 aliphatic rings. The summed E-state index contributed by atoms with van der Waals surface area (Å²) in [5.74, 6) is 0.977. The van der Waals surface area contributed by atoms with Crippen molar-refractivity contribution >= 4 is 11.6 Å². The summed E-state index contributed by atoms with van der Waals surface area (Å²) in [6.07, 6.45) is 5.84. The zero-order chi connectivity index (χ0) is 10.7. The number of pyridine rings is 1. The molecule has 0 aromatic carbocycles. The highest BCUT2D eigenvalue weighted by atomic mass is 35.5. The first kappa shape index (κ1) is 10.9. The minimum absolute atomic E-state index is 0.593. The molecule has 3 heteroatoms. The van der Waals surface area contributed by atoms with Crippen molar-refractivity contribution in [2.24, 2.45) is 5.92 Å². The van der Waals surface area contributed by atoms with Crippen molar-refractivity contribution in [3.05, 3.63) is 29.0 Å². The SMILES string of the molecule is CC(CC1CC1)NCc1ccc(Cl)cn1. The number of aromatic nitrogens is 1. The molecule has 1 N–H and O–H groups in total. The van der Waals surface area contributed by atoms with Gasteiger partial charge in [-0.1, -0.05) is 24.4 Å². The molecule has 1 aromatic rings. The van der Waals surface area contributed by atoms with Gasteiger partial charge >= 0.3 is 0 Å². The molecule has 1 unspecified atom stereocenters. The van der Waals surface area contributed by atoms with Crippen LogP contribution in [0.3, 0.4) is 0 Å². The Morgan fingerprint density at radius 3 is 2.93 bits per heavy atom. The molecule has 0 radical (unpaired) electrons. The lowest BCUT2D eigenvalue weighted by molar-refractivity contribution is 0.484.